The highest BCUT2D eigenvalue weighted by molar-refractivity contribution is 5.79. The van der Waals surface area contributed by atoms with Gasteiger partial charge in [0, 0.05) is 13.0 Å². The number of rotatable bonds is 5. The van der Waals surface area contributed by atoms with Crippen molar-refractivity contribution in [2.75, 3.05) is 13.7 Å². The lowest BCUT2D eigenvalue weighted by atomic mass is 9.85. The maximum Gasteiger partial charge on any atom is 0.223 e. The number of hydrogen-bond acceptors (Lipinski definition) is 3. The molecule has 0 unspecified atom stereocenters. The van der Waals surface area contributed by atoms with Gasteiger partial charge >= 0.3 is 0 Å². The fourth-order valence-corrected chi connectivity index (χ4v) is 1.78. The summed E-state index contributed by atoms with van der Waals surface area (Å²) in [6.45, 7) is 0.472. The molecular weight excluding hydrogens is 206 g/mol. The van der Waals surface area contributed by atoms with E-state index in [0.29, 0.717) is 6.54 Å². The van der Waals surface area contributed by atoms with E-state index in [1.54, 1.807) is 13.4 Å². The molecule has 0 bridgehead atoms. The standard InChI is InChI=1S/C12H17NO3/c1-15-11(10-6-3-7-16-10)8-13-12(14)9-4-2-5-9/h3,6-7,9,11H,2,4-5,8H2,1H3,(H,13,14)/t11-/m0/s1. The van der Waals surface area contributed by atoms with Gasteiger partial charge in [0.1, 0.15) is 11.9 Å². The lowest BCUT2D eigenvalue weighted by molar-refractivity contribution is -0.128. The third kappa shape index (κ3) is 2.44. The van der Waals surface area contributed by atoms with Crippen molar-refractivity contribution in [1.82, 2.24) is 5.32 Å². The molecule has 1 amide bonds. The molecule has 1 aromatic heterocycles. The Balaban J connectivity index is 1.81. The molecule has 0 radical (unpaired) electrons. The Hall–Kier alpha value is -1.29. The Morgan fingerprint density at radius 2 is 2.50 bits per heavy atom. The number of carbonyl (C=O) groups is 1. The molecule has 4 heteroatoms. The fraction of sp³-hybridized carbons (Fsp3) is 0.583. The predicted octanol–water partition coefficient (Wildman–Crippen LogP) is 1.88. The van der Waals surface area contributed by atoms with Crippen molar-refractivity contribution < 1.29 is 13.9 Å². The molecule has 88 valence electrons. The summed E-state index contributed by atoms with van der Waals surface area (Å²) in [6.07, 6.45) is 4.62. The summed E-state index contributed by atoms with van der Waals surface area (Å²) in [5.74, 6) is 1.10. The molecule has 0 aliphatic heterocycles. The second kappa shape index (κ2) is 5.16. The summed E-state index contributed by atoms with van der Waals surface area (Å²) in [5.41, 5.74) is 0. The maximum atomic E-state index is 11.6. The minimum absolute atomic E-state index is 0.139. The molecule has 1 aliphatic rings. The van der Waals surface area contributed by atoms with E-state index in [-0.39, 0.29) is 17.9 Å². The van der Waals surface area contributed by atoms with Gasteiger partial charge in [-0.25, -0.2) is 0 Å². The van der Waals surface area contributed by atoms with E-state index in [1.165, 1.54) is 6.42 Å². The Bertz CT molecular complexity index is 330. The molecule has 0 saturated heterocycles. The average molecular weight is 223 g/mol. The van der Waals surface area contributed by atoms with E-state index in [1.807, 2.05) is 12.1 Å². The molecule has 2 rings (SSSR count). The summed E-state index contributed by atoms with van der Waals surface area (Å²) < 4.78 is 10.5. The molecule has 16 heavy (non-hydrogen) atoms. The Labute approximate surface area is 95.0 Å². The number of carbonyl (C=O) groups excluding carboxylic acids is 1. The molecule has 0 spiro atoms. The topological polar surface area (TPSA) is 51.5 Å². The Morgan fingerprint density at radius 3 is 3.00 bits per heavy atom. The van der Waals surface area contributed by atoms with Crippen LogP contribution in [0.15, 0.2) is 22.8 Å². The molecule has 4 nitrogen and oxygen atoms in total. The third-order valence-corrected chi connectivity index (χ3v) is 3.08. The van der Waals surface area contributed by atoms with Crippen molar-refractivity contribution in [1.29, 1.82) is 0 Å². The van der Waals surface area contributed by atoms with Crippen LogP contribution in [-0.2, 0) is 9.53 Å². The first-order valence-electron chi connectivity index (χ1n) is 5.65. The summed E-state index contributed by atoms with van der Waals surface area (Å²) in [5, 5.41) is 2.90. The van der Waals surface area contributed by atoms with Crippen LogP contribution in [0.5, 0.6) is 0 Å². The van der Waals surface area contributed by atoms with E-state index in [0.717, 1.165) is 18.6 Å². The SMILES string of the molecule is CO[C@@H](CNC(=O)C1CCC1)c1ccco1. The first-order chi connectivity index (χ1) is 7.81. The van der Waals surface area contributed by atoms with Crippen LogP contribution in [0.3, 0.4) is 0 Å². The van der Waals surface area contributed by atoms with Crippen molar-refractivity contribution in [3.8, 4) is 0 Å². The van der Waals surface area contributed by atoms with Gasteiger partial charge in [0.2, 0.25) is 5.91 Å². The first-order valence-corrected chi connectivity index (χ1v) is 5.65. The monoisotopic (exact) mass is 223 g/mol. The van der Waals surface area contributed by atoms with E-state index < -0.39 is 0 Å². The van der Waals surface area contributed by atoms with Gasteiger partial charge in [0.05, 0.1) is 12.8 Å². The third-order valence-electron chi connectivity index (χ3n) is 3.08. The van der Waals surface area contributed by atoms with E-state index in [4.69, 9.17) is 9.15 Å². The van der Waals surface area contributed by atoms with Gasteiger partial charge in [-0.1, -0.05) is 6.42 Å². The average Bonchev–Trinajstić information content (AvgIpc) is 2.69. The first kappa shape index (κ1) is 11.2. The van der Waals surface area contributed by atoms with Gasteiger partial charge < -0.3 is 14.5 Å². The Kier molecular flexibility index (Phi) is 3.62. The highest BCUT2D eigenvalue weighted by Crippen LogP contribution is 2.26. The molecule has 0 aromatic carbocycles. The van der Waals surface area contributed by atoms with Crippen LogP contribution in [0.25, 0.3) is 0 Å². The van der Waals surface area contributed by atoms with Crippen molar-refractivity contribution in [2.24, 2.45) is 5.92 Å². The molecule has 1 heterocycles. The number of furan rings is 1. The second-order valence-electron chi connectivity index (χ2n) is 4.11. The lowest BCUT2D eigenvalue weighted by Crippen LogP contribution is -2.37. The van der Waals surface area contributed by atoms with E-state index >= 15 is 0 Å². The zero-order valence-electron chi connectivity index (χ0n) is 9.44. The van der Waals surface area contributed by atoms with Crippen molar-refractivity contribution >= 4 is 5.91 Å². The highest BCUT2D eigenvalue weighted by atomic mass is 16.5. The normalized spacial score (nSPS) is 17.8. The molecule has 1 aromatic rings. The van der Waals surface area contributed by atoms with Crippen molar-refractivity contribution in [2.45, 2.75) is 25.4 Å². The molecule has 1 N–H and O–H groups in total. The number of methoxy groups -OCH3 is 1. The van der Waals surface area contributed by atoms with Crippen LogP contribution in [0.2, 0.25) is 0 Å². The number of ether oxygens (including phenoxy) is 1. The van der Waals surface area contributed by atoms with Crippen LogP contribution in [0, 0.1) is 5.92 Å². The molecule has 1 aliphatic carbocycles. The highest BCUT2D eigenvalue weighted by Gasteiger charge is 2.25. The second-order valence-corrected chi connectivity index (χ2v) is 4.11. The molecule has 1 fully saturated rings. The van der Waals surface area contributed by atoms with Gasteiger partial charge in [-0.05, 0) is 25.0 Å². The molecular formula is C12H17NO3. The van der Waals surface area contributed by atoms with E-state index in [2.05, 4.69) is 5.32 Å². The minimum Gasteiger partial charge on any atom is -0.467 e. The summed E-state index contributed by atoms with van der Waals surface area (Å²) in [7, 11) is 1.61. The van der Waals surface area contributed by atoms with Gasteiger partial charge in [0.15, 0.2) is 0 Å². The smallest absolute Gasteiger partial charge is 0.223 e. The molecule has 1 atom stereocenters. The summed E-state index contributed by atoms with van der Waals surface area (Å²) in [4.78, 5) is 11.6. The van der Waals surface area contributed by atoms with Gasteiger partial charge in [-0.3, -0.25) is 4.79 Å². The minimum atomic E-state index is -0.195. The van der Waals surface area contributed by atoms with Crippen LogP contribution >= 0.6 is 0 Å². The van der Waals surface area contributed by atoms with Crippen LogP contribution < -0.4 is 5.32 Å². The zero-order chi connectivity index (χ0) is 11.4. The summed E-state index contributed by atoms with van der Waals surface area (Å²) in [6, 6.07) is 3.67. The van der Waals surface area contributed by atoms with Crippen LogP contribution in [-0.4, -0.2) is 19.6 Å². The Morgan fingerprint density at radius 1 is 1.69 bits per heavy atom. The van der Waals surface area contributed by atoms with Gasteiger partial charge in [-0.2, -0.15) is 0 Å². The molecule has 1 saturated carbocycles. The number of hydrogen-bond donors (Lipinski definition) is 1. The van der Waals surface area contributed by atoms with Gasteiger partial charge in [-0.15, -0.1) is 0 Å². The fourth-order valence-electron chi connectivity index (χ4n) is 1.78. The van der Waals surface area contributed by atoms with Gasteiger partial charge in [0.25, 0.3) is 0 Å². The maximum absolute atomic E-state index is 11.6. The lowest BCUT2D eigenvalue weighted by Gasteiger charge is -2.25. The van der Waals surface area contributed by atoms with E-state index in [9.17, 15) is 4.79 Å². The van der Waals surface area contributed by atoms with Crippen LogP contribution in [0.1, 0.15) is 31.1 Å². The predicted molar refractivity (Wildman–Crippen MR) is 58.8 cm³/mol. The zero-order valence-corrected chi connectivity index (χ0v) is 9.44. The summed E-state index contributed by atoms with van der Waals surface area (Å²) >= 11 is 0. The van der Waals surface area contributed by atoms with Crippen molar-refractivity contribution in [3.05, 3.63) is 24.2 Å². The number of amides is 1. The number of nitrogens with one attached hydrogen (secondary N) is 1. The van der Waals surface area contributed by atoms with Crippen LogP contribution in [0.4, 0.5) is 0 Å². The largest absolute Gasteiger partial charge is 0.467 e. The van der Waals surface area contributed by atoms with Crippen molar-refractivity contribution in [3.63, 3.8) is 0 Å². The quantitative estimate of drug-likeness (QED) is 0.829.